The number of H-pyrrole nitrogens is 1. The molecule has 0 saturated carbocycles. The van der Waals surface area contributed by atoms with Gasteiger partial charge >= 0.3 is 5.97 Å². The molecule has 100 valence electrons. The number of fused-ring (bicyclic) bond motifs is 1. The van der Waals surface area contributed by atoms with Crippen molar-refractivity contribution in [3.8, 4) is 0 Å². The van der Waals surface area contributed by atoms with Crippen LogP contribution < -0.4 is 5.43 Å². The van der Waals surface area contributed by atoms with Gasteiger partial charge < -0.3 is 10.1 Å². The monoisotopic (exact) mass is 267 g/mol. The van der Waals surface area contributed by atoms with Gasteiger partial charge in [0.2, 0.25) is 0 Å². The second kappa shape index (κ2) is 4.92. The predicted octanol–water partition coefficient (Wildman–Crippen LogP) is 1.08. The van der Waals surface area contributed by atoms with Crippen molar-refractivity contribution in [2.75, 3.05) is 0 Å². The van der Waals surface area contributed by atoms with Crippen LogP contribution >= 0.6 is 0 Å². The third-order valence-corrected chi connectivity index (χ3v) is 2.73. The molecule has 0 spiro atoms. The molecule has 0 aliphatic carbocycles. The Morgan fingerprint density at radius 3 is 2.84 bits per heavy atom. The molecule has 0 aliphatic rings. The highest BCUT2D eigenvalue weighted by atomic mass is 19.1. The first-order chi connectivity index (χ1) is 8.99. The lowest BCUT2D eigenvalue weighted by Gasteiger charge is -2.08. The number of carboxylic acid groups (broad SMARTS) is 1. The number of nitro groups is 1. The van der Waals surface area contributed by atoms with Crippen molar-refractivity contribution in [1.82, 2.24) is 10.4 Å². The fraction of sp³-hybridized carbons (Fsp3) is 0.182. The molecule has 1 aromatic carbocycles. The van der Waals surface area contributed by atoms with E-state index < -0.39 is 23.0 Å². The normalized spacial score (nSPS) is 12.3. The summed E-state index contributed by atoms with van der Waals surface area (Å²) in [4.78, 5) is 23.7. The summed E-state index contributed by atoms with van der Waals surface area (Å²) in [5, 5.41) is 18.8. The number of nitrogens with zero attached hydrogens (tertiary/aromatic N) is 1. The van der Waals surface area contributed by atoms with E-state index in [1.54, 1.807) is 29.7 Å². The van der Waals surface area contributed by atoms with Gasteiger partial charge in [0.15, 0.2) is 17.0 Å². The summed E-state index contributed by atoms with van der Waals surface area (Å²) in [6.07, 6.45) is -0.327. The van der Waals surface area contributed by atoms with Gasteiger partial charge in [0, 0.05) is 22.9 Å². The smallest absolute Gasteiger partial charge is 0.332 e. The Hall–Kier alpha value is -2.64. The van der Waals surface area contributed by atoms with Crippen molar-refractivity contribution in [1.29, 1.82) is 0 Å². The fourth-order valence-corrected chi connectivity index (χ4v) is 1.89. The maximum absolute atomic E-state index is 13.7. The molecule has 1 atom stereocenters. The highest BCUT2D eigenvalue weighted by Gasteiger charge is 2.25. The van der Waals surface area contributed by atoms with Crippen molar-refractivity contribution < 1.29 is 19.3 Å². The largest absolute Gasteiger partial charge is 0.480 e. The summed E-state index contributed by atoms with van der Waals surface area (Å²) in [6.45, 7) is 0. The zero-order valence-corrected chi connectivity index (χ0v) is 9.59. The predicted molar refractivity (Wildman–Crippen MR) is 63.5 cm³/mol. The lowest BCUT2D eigenvalue weighted by molar-refractivity contribution is -0.548. The number of aromatic nitrogens is 1. The summed E-state index contributed by atoms with van der Waals surface area (Å²) in [7, 11) is 0. The van der Waals surface area contributed by atoms with Crippen LogP contribution in [0.2, 0.25) is 0 Å². The van der Waals surface area contributed by atoms with Crippen LogP contribution in [0.5, 0.6) is 0 Å². The number of rotatable bonds is 5. The maximum Gasteiger partial charge on any atom is 0.332 e. The lowest BCUT2D eigenvalue weighted by atomic mass is 10.1. The summed E-state index contributed by atoms with van der Waals surface area (Å²) < 4.78 is 13.7. The SMILES string of the molecule is O=C(O)[C@H](Cc1c(F)[nH]c2ccccc12)N[N+](=O)[O-]. The maximum atomic E-state index is 13.7. The van der Waals surface area contributed by atoms with Crippen molar-refractivity contribution in [3.05, 3.63) is 45.9 Å². The summed E-state index contributed by atoms with van der Waals surface area (Å²) >= 11 is 0. The molecule has 2 rings (SSSR count). The van der Waals surface area contributed by atoms with E-state index in [1.165, 1.54) is 0 Å². The first kappa shape index (κ1) is 12.8. The number of aliphatic carboxylic acids is 1. The highest BCUT2D eigenvalue weighted by Crippen LogP contribution is 2.22. The Balaban J connectivity index is 2.35. The van der Waals surface area contributed by atoms with E-state index in [2.05, 4.69) is 4.98 Å². The molecule has 0 saturated heterocycles. The number of hydrogen-bond acceptors (Lipinski definition) is 3. The Morgan fingerprint density at radius 2 is 2.21 bits per heavy atom. The van der Waals surface area contributed by atoms with E-state index in [0.29, 0.717) is 10.9 Å². The van der Waals surface area contributed by atoms with E-state index in [9.17, 15) is 19.3 Å². The molecule has 0 amide bonds. The van der Waals surface area contributed by atoms with Gasteiger partial charge in [-0.25, -0.2) is 14.9 Å². The first-order valence-electron chi connectivity index (χ1n) is 5.37. The molecule has 0 aliphatic heterocycles. The quantitative estimate of drug-likeness (QED) is 0.555. The van der Waals surface area contributed by atoms with Gasteiger partial charge in [0.1, 0.15) is 0 Å². The molecule has 7 nitrogen and oxygen atoms in total. The Kier molecular flexibility index (Phi) is 3.32. The van der Waals surface area contributed by atoms with Crippen LogP contribution in [0.25, 0.3) is 10.9 Å². The Labute approximate surface area is 106 Å². The first-order valence-corrected chi connectivity index (χ1v) is 5.37. The number of nitrogens with one attached hydrogen (secondary N) is 2. The average Bonchev–Trinajstić information content (AvgIpc) is 2.64. The van der Waals surface area contributed by atoms with Gasteiger partial charge in [-0.05, 0) is 6.07 Å². The van der Waals surface area contributed by atoms with E-state index in [4.69, 9.17) is 5.11 Å². The topological polar surface area (TPSA) is 108 Å². The van der Waals surface area contributed by atoms with Crippen LogP contribution in [-0.2, 0) is 11.2 Å². The molecule has 1 aromatic heterocycles. The molecular formula is C11H10FN3O4. The van der Waals surface area contributed by atoms with Gasteiger partial charge in [-0.2, -0.15) is 4.39 Å². The Bertz CT molecular complexity index is 640. The van der Waals surface area contributed by atoms with Gasteiger partial charge in [0.25, 0.3) is 0 Å². The van der Waals surface area contributed by atoms with Crippen LogP contribution in [0.1, 0.15) is 5.56 Å². The lowest BCUT2D eigenvalue weighted by Crippen LogP contribution is -2.42. The molecule has 1 heterocycles. The van der Waals surface area contributed by atoms with Crippen LogP contribution in [0, 0.1) is 16.1 Å². The second-order valence-corrected chi connectivity index (χ2v) is 3.94. The van der Waals surface area contributed by atoms with Gasteiger partial charge in [-0.15, -0.1) is 5.43 Å². The third kappa shape index (κ3) is 2.62. The van der Waals surface area contributed by atoms with Crippen LogP contribution in [-0.4, -0.2) is 27.1 Å². The molecule has 3 N–H and O–H groups in total. The van der Waals surface area contributed by atoms with E-state index in [1.807, 2.05) is 0 Å². The van der Waals surface area contributed by atoms with Crippen LogP contribution in [0.4, 0.5) is 4.39 Å². The minimum absolute atomic E-state index is 0.109. The van der Waals surface area contributed by atoms with Crippen molar-refractivity contribution in [2.24, 2.45) is 0 Å². The Morgan fingerprint density at radius 1 is 1.53 bits per heavy atom. The molecule has 0 unspecified atom stereocenters. The van der Waals surface area contributed by atoms with Crippen molar-refractivity contribution in [3.63, 3.8) is 0 Å². The highest BCUT2D eigenvalue weighted by molar-refractivity contribution is 5.84. The standard InChI is InChI=1S/C11H10FN3O4/c12-10-7(5-9(11(16)17)14-15(18)19)6-3-1-2-4-8(6)13-10/h1-4,9,13-14H,5H2,(H,16,17)/t9-/m0/s1. The third-order valence-electron chi connectivity index (χ3n) is 2.73. The summed E-state index contributed by atoms with van der Waals surface area (Å²) in [5.74, 6) is -2.10. The molecule has 0 radical (unpaired) electrons. The van der Waals surface area contributed by atoms with Crippen LogP contribution in [0.3, 0.4) is 0 Å². The van der Waals surface area contributed by atoms with Gasteiger partial charge in [-0.1, -0.05) is 18.2 Å². The minimum Gasteiger partial charge on any atom is -0.480 e. The molecule has 8 heteroatoms. The zero-order valence-electron chi connectivity index (χ0n) is 9.59. The van der Waals surface area contributed by atoms with Gasteiger partial charge in [-0.3, -0.25) is 0 Å². The number of para-hydroxylation sites is 1. The molecular weight excluding hydrogens is 257 g/mol. The number of hydrazine groups is 1. The van der Waals surface area contributed by atoms with E-state index in [0.717, 1.165) is 0 Å². The average molecular weight is 267 g/mol. The number of aromatic amines is 1. The van der Waals surface area contributed by atoms with E-state index >= 15 is 0 Å². The van der Waals surface area contributed by atoms with Crippen LogP contribution in [0.15, 0.2) is 24.3 Å². The molecule has 0 fully saturated rings. The second-order valence-electron chi connectivity index (χ2n) is 3.94. The number of carboxylic acids is 1. The molecule has 2 aromatic rings. The number of carbonyl (C=O) groups is 1. The minimum atomic E-state index is -1.50. The fourth-order valence-electron chi connectivity index (χ4n) is 1.89. The zero-order chi connectivity index (χ0) is 14.0. The van der Waals surface area contributed by atoms with Crippen molar-refractivity contribution >= 4 is 16.9 Å². The summed E-state index contributed by atoms with van der Waals surface area (Å²) in [5.41, 5.74) is 2.27. The molecule has 19 heavy (non-hydrogen) atoms. The number of halogens is 1. The van der Waals surface area contributed by atoms with E-state index in [-0.39, 0.29) is 12.0 Å². The van der Waals surface area contributed by atoms with Gasteiger partial charge in [0.05, 0.1) is 0 Å². The number of hydrogen-bond donors (Lipinski definition) is 3. The molecule has 0 bridgehead atoms. The summed E-state index contributed by atoms with van der Waals surface area (Å²) in [6, 6.07) is 5.14. The van der Waals surface area contributed by atoms with Crippen molar-refractivity contribution in [2.45, 2.75) is 12.5 Å². The number of benzene rings is 1.